The van der Waals surface area contributed by atoms with Crippen molar-refractivity contribution in [3.05, 3.63) is 12.7 Å². The minimum Gasteiger partial charge on any atom is -0.314 e. The predicted octanol–water partition coefficient (Wildman–Crippen LogP) is 3.51. The Kier molecular flexibility index (Phi) is 4.25. The highest BCUT2D eigenvalue weighted by atomic mass is 14.9. The molecule has 0 bridgehead atoms. The van der Waals surface area contributed by atoms with E-state index in [2.05, 4.69) is 18.0 Å². The number of rotatable bonds is 7. The number of nitrogens with one attached hydrogen (secondary N) is 1. The molecule has 15 heavy (non-hydrogen) atoms. The molecule has 0 aromatic heterocycles. The Morgan fingerprint density at radius 3 is 2.67 bits per heavy atom. The monoisotopic (exact) mass is 207 g/mol. The van der Waals surface area contributed by atoms with E-state index in [4.69, 9.17) is 0 Å². The lowest BCUT2D eigenvalue weighted by Gasteiger charge is -2.19. The standard InChI is InChI=1S/C14H25N/c1-2-3-4-6-12-7-5-8-13(12)11-15-14-9-10-14/h2,12-15H,1,3-11H2. The van der Waals surface area contributed by atoms with Crippen LogP contribution in [0.3, 0.4) is 0 Å². The van der Waals surface area contributed by atoms with Crippen molar-refractivity contribution in [1.29, 1.82) is 0 Å². The smallest absolute Gasteiger partial charge is 0.00683 e. The van der Waals surface area contributed by atoms with E-state index in [1.807, 2.05) is 0 Å². The van der Waals surface area contributed by atoms with Crippen LogP contribution in [0.15, 0.2) is 12.7 Å². The zero-order valence-corrected chi connectivity index (χ0v) is 9.88. The van der Waals surface area contributed by atoms with Crippen LogP contribution in [0, 0.1) is 11.8 Å². The molecule has 1 nitrogen and oxygen atoms in total. The van der Waals surface area contributed by atoms with Gasteiger partial charge in [0.25, 0.3) is 0 Å². The fraction of sp³-hybridized carbons (Fsp3) is 0.857. The summed E-state index contributed by atoms with van der Waals surface area (Å²) in [7, 11) is 0. The first-order valence-electron chi connectivity index (χ1n) is 6.74. The van der Waals surface area contributed by atoms with Crippen molar-refractivity contribution >= 4 is 0 Å². The molecule has 0 radical (unpaired) electrons. The summed E-state index contributed by atoms with van der Waals surface area (Å²) in [5.74, 6) is 1.99. The number of allylic oxidation sites excluding steroid dienone is 1. The first-order valence-corrected chi connectivity index (χ1v) is 6.74. The van der Waals surface area contributed by atoms with E-state index in [0.29, 0.717) is 0 Å². The first kappa shape index (κ1) is 11.2. The van der Waals surface area contributed by atoms with Crippen molar-refractivity contribution in [2.24, 2.45) is 11.8 Å². The van der Waals surface area contributed by atoms with E-state index in [1.165, 1.54) is 57.9 Å². The van der Waals surface area contributed by atoms with Gasteiger partial charge in [0.2, 0.25) is 0 Å². The lowest BCUT2D eigenvalue weighted by molar-refractivity contribution is 0.340. The molecule has 2 atom stereocenters. The van der Waals surface area contributed by atoms with E-state index in [1.54, 1.807) is 0 Å². The van der Waals surface area contributed by atoms with Crippen LogP contribution in [-0.2, 0) is 0 Å². The average molecular weight is 207 g/mol. The predicted molar refractivity (Wildman–Crippen MR) is 65.9 cm³/mol. The Balaban J connectivity index is 1.64. The van der Waals surface area contributed by atoms with Crippen molar-refractivity contribution in [3.63, 3.8) is 0 Å². The van der Waals surface area contributed by atoms with Gasteiger partial charge in [0, 0.05) is 6.04 Å². The fourth-order valence-electron chi connectivity index (χ4n) is 2.89. The van der Waals surface area contributed by atoms with Gasteiger partial charge in [0.05, 0.1) is 0 Å². The van der Waals surface area contributed by atoms with Gasteiger partial charge in [0.1, 0.15) is 0 Å². The Labute approximate surface area is 94.3 Å². The van der Waals surface area contributed by atoms with Gasteiger partial charge in [-0.2, -0.15) is 0 Å². The summed E-state index contributed by atoms with van der Waals surface area (Å²) >= 11 is 0. The molecule has 2 aliphatic rings. The number of hydrogen-bond acceptors (Lipinski definition) is 1. The zero-order valence-electron chi connectivity index (χ0n) is 9.88. The second-order valence-corrected chi connectivity index (χ2v) is 5.35. The third-order valence-corrected chi connectivity index (χ3v) is 4.05. The molecule has 0 aliphatic heterocycles. The van der Waals surface area contributed by atoms with Crippen molar-refractivity contribution in [3.8, 4) is 0 Å². The number of hydrogen-bond donors (Lipinski definition) is 1. The van der Waals surface area contributed by atoms with E-state index < -0.39 is 0 Å². The minimum atomic E-state index is 0.888. The van der Waals surface area contributed by atoms with E-state index in [-0.39, 0.29) is 0 Å². The summed E-state index contributed by atoms with van der Waals surface area (Å²) in [5, 5.41) is 3.70. The third-order valence-electron chi connectivity index (χ3n) is 4.05. The van der Waals surface area contributed by atoms with E-state index in [9.17, 15) is 0 Å². The van der Waals surface area contributed by atoms with Crippen LogP contribution in [0.4, 0.5) is 0 Å². The third kappa shape index (κ3) is 3.64. The van der Waals surface area contributed by atoms with E-state index >= 15 is 0 Å². The second kappa shape index (κ2) is 5.69. The molecule has 2 aliphatic carbocycles. The maximum Gasteiger partial charge on any atom is 0.00683 e. The normalized spacial score (nSPS) is 30.7. The molecule has 2 unspecified atom stereocenters. The van der Waals surface area contributed by atoms with Crippen LogP contribution in [-0.4, -0.2) is 12.6 Å². The molecule has 0 aromatic carbocycles. The molecule has 86 valence electrons. The number of unbranched alkanes of at least 4 members (excludes halogenated alkanes) is 1. The largest absolute Gasteiger partial charge is 0.314 e. The van der Waals surface area contributed by atoms with Gasteiger partial charge < -0.3 is 5.32 Å². The lowest BCUT2D eigenvalue weighted by atomic mass is 9.91. The molecule has 0 spiro atoms. The second-order valence-electron chi connectivity index (χ2n) is 5.35. The molecule has 0 saturated heterocycles. The summed E-state index contributed by atoms with van der Waals surface area (Å²) in [5.41, 5.74) is 0. The van der Waals surface area contributed by atoms with Crippen molar-refractivity contribution in [2.45, 2.75) is 57.4 Å². The molecule has 0 aromatic rings. The summed E-state index contributed by atoms with van der Waals surface area (Å²) in [6.07, 6.45) is 13.3. The van der Waals surface area contributed by atoms with Crippen LogP contribution in [0.2, 0.25) is 0 Å². The SMILES string of the molecule is C=CCCCC1CCCC1CNC1CC1. The summed E-state index contributed by atoms with van der Waals surface area (Å²) < 4.78 is 0. The summed E-state index contributed by atoms with van der Waals surface area (Å²) in [6, 6.07) is 0.888. The Bertz CT molecular complexity index is 196. The Hall–Kier alpha value is -0.300. The Morgan fingerprint density at radius 1 is 1.13 bits per heavy atom. The summed E-state index contributed by atoms with van der Waals surface area (Å²) in [4.78, 5) is 0. The topological polar surface area (TPSA) is 12.0 Å². The average Bonchev–Trinajstić information content (AvgIpc) is 2.97. The van der Waals surface area contributed by atoms with Gasteiger partial charge in [-0.1, -0.05) is 18.9 Å². The van der Waals surface area contributed by atoms with Gasteiger partial charge in [-0.15, -0.1) is 6.58 Å². The van der Waals surface area contributed by atoms with E-state index in [0.717, 1.165) is 17.9 Å². The van der Waals surface area contributed by atoms with Crippen molar-refractivity contribution < 1.29 is 0 Å². The van der Waals surface area contributed by atoms with Gasteiger partial charge in [0.15, 0.2) is 0 Å². The molecule has 2 saturated carbocycles. The molecular weight excluding hydrogens is 182 g/mol. The molecule has 0 amide bonds. The quantitative estimate of drug-likeness (QED) is 0.497. The first-order chi connectivity index (χ1) is 7.40. The van der Waals surface area contributed by atoms with Crippen LogP contribution >= 0.6 is 0 Å². The maximum absolute atomic E-state index is 3.80. The molecule has 1 N–H and O–H groups in total. The minimum absolute atomic E-state index is 0.888. The van der Waals surface area contributed by atoms with Crippen molar-refractivity contribution in [2.75, 3.05) is 6.54 Å². The maximum atomic E-state index is 3.80. The van der Waals surface area contributed by atoms with Gasteiger partial charge in [-0.3, -0.25) is 0 Å². The van der Waals surface area contributed by atoms with Crippen LogP contribution in [0.25, 0.3) is 0 Å². The van der Waals surface area contributed by atoms with Crippen LogP contribution in [0.1, 0.15) is 51.4 Å². The highest BCUT2D eigenvalue weighted by molar-refractivity contribution is 4.85. The lowest BCUT2D eigenvalue weighted by Crippen LogP contribution is -2.26. The molecule has 1 heteroatoms. The highest BCUT2D eigenvalue weighted by Gasteiger charge is 2.28. The molecular formula is C14H25N. The summed E-state index contributed by atoms with van der Waals surface area (Å²) in [6.45, 7) is 5.09. The molecule has 0 heterocycles. The van der Waals surface area contributed by atoms with Gasteiger partial charge in [-0.05, 0) is 56.9 Å². The van der Waals surface area contributed by atoms with Gasteiger partial charge >= 0.3 is 0 Å². The molecule has 2 fully saturated rings. The van der Waals surface area contributed by atoms with Crippen molar-refractivity contribution in [1.82, 2.24) is 5.32 Å². The fourth-order valence-corrected chi connectivity index (χ4v) is 2.89. The Morgan fingerprint density at radius 2 is 1.93 bits per heavy atom. The zero-order chi connectivity index (χ0) is 10.5. The molecule has 2 rings (SSSR count). The highest BCUT2D eigenvalue weighted by Crippen LogP contribution is 2.35. The van der Waals surface area contributed by atoms with Crippen LogP contribution in [0.5, 0.6) is 0 Å². The van der Waals surface area contributed by atoms with Crippen LogP contribution < -0.4 is 5.32 Å². The van der Waals surface area contributed by atoms with Gasteiger partial charge in [-0.25, -0.2) is 0 Å².